The van der Waals surface area contributed by atoms with Crippen molar-refractivity contribution in [2.45, 2.75) is 30.6 Å². The van der Waals surface area contributed by atoms with Gasteiger partial charge in [0.1, 0.15) is 5.75 Å². The van der Waals surface area contributed by atoms with Crippen LogP contribution in [0.25, 0.3) is 0 Å². The van der Waals surface area contributed by atoms with Crippen LogP contribution in [0.4, 0.5) is 0 Å². The van der Waals surface area contributed by atoms with E-state index in [4.69, 9.17) is 4.74 Å². The number of carbonyl (C=O) groups excluding carboxylic acids is 1. The summed E-state index contributed by atoms with van der Waals surface area (Å²) in [5, 5.41) is 4.04. The Morgan fingerprint density at radius 3 is 2.34 bits per heavy atom. The Morgan fingerprint density at radius 2 is 1.69 bits per heavy atom. The SMILES string of the molecule is CC(C)Oc1ccc(/C=N/NC(=O)c2ccc(CSc3ccccc3)cc2)cc1. The van der Waals surface area contributed by atoms with Gasteiger partial charge in [0.15, 0.2) is 0 Å². The third kappa shape index (κ3) is 6.80. The molecule has 0 saturated heterocycles. The number of nitrogens with one attached hydrogen (secondary N) is 1. The molecule has 3 aromatic rings. The van der Waals surface area contributed by atoms with Crippen molar-refractivity contribution in [1.82, 2.24) is 5.43 Å². The Kier molecular flexibility index (Phi) is 7.47. The molecule has 3 aromatic carbocycles. The van der Waals surface area contributed by atoms with E-state index in [1.54, 1.807) is 18.0 Å². The van der Waals surface area contributed by atoms with Crippen molar-refractivity contribution in [1.29, 1.82) is 0 Å². The van der Waals surface area contributed by atoms with Gasteiger partial charge in [-0.1, -0.05) is 30.3 Å². The summed E-state index contributed by atoms with van der Waals surface area (Å²) in [6.07, 6.45) is 1.75. The number of hydrogen-bond acceptors (Lipinski definition) is 4. The predicted octanol–water partition coefficient (Wildman–Crippen LogP) is 5.53. The van der Waals surface area contributed by atoms with E-state index in [1.807, 2.05) is 80.6 Å². The molecule has 148 valence electrons. The Bertz CT molecular complexity index is 937. The fourth-order valence-electron chi connectivity index (χ4n) is 2.57. The molecule has 3 rings (SSSR count). The molecule has 29 heavy (non-hydrogen) atoms. The summed E-state index contributed by atoms with van der Waals surface area (Å²) >= 11 is 1.77. The maximum Gasteiger partial charge on any atom is 0.271 e. The van der Waals surface area contributed by atoms with Gasteiger partial charge in [-0.25, -0.2) is 5.43 Å². The number of carbonyl (C=O) groups is 1. The number of benzene rings is 3. The lowest BCUT2D eigenvalue weighted by Gasteiger charge is -2.09. The number of amides is 1. The molecule has 1 N–H and O–H groups in total. The minimum absolute atomic E-state index is 0.136. The highest BCUT2D eigenvalue weighted by Gasteiger charge is 2.04. The van der Waals surface area contributed by atoms with E-state index in [2.05, 4.69) is 22.7 Å². The van der Waals surface area contributed by atoms with E-state index >= 15 is 0 Å². The normalized spacial score (nSPS) is 11.0. The van der Waals surface area contributed by atoms with Crippen LogP contribution in [0.15, 0.2) is 88.9 Å². The van der Waals surface area contributed by atoms with Crippen LogP contribution in [-0.4, -0.2) is 18.2 Å². The Labute approximate surface area is 176 Å². The van der Waals surface area contributed by atoms with Gasteiger partial charge < -0.3 is 4.74 Å². The van der Waals surface area contributed by atoms with Crippen LogP contribution in [0, 0.1) is 0 Å². The highest BCUT2D eigenvalue weighted by atomic mass is 32.2. The smallest absolute Gasteiger partial charge is 0.271 e. The van der Waals surface area contributed by atoms with Gasteiger partial charge in [0, 0.05) is 16.2 Å². The van der Waals surface area contributed by atoms with Gasteiger partial charge in [-0.15, -0.1) is 11.8 Å². The van der Waals surface area contributed by atoms with Gasteiger partial charge in [-0.05, 0) is 73.5 Å². The summed E-state index contributed by atoms with van der Waals surface area (Å²) in [6.45, 7) is 3.97. The number of nitrogens with zero attached hydrogens (tertiary/aromatic N) is 1. The first-order chi connectivity index (χ1) is 14.1. The molecule has 0 bridgehead atoms. The molecule has 0 saturated carbocycles. The highest BCUT2D eigenvalue weighted by molar-refractivity contribution is 7.98. The molecule has 0 aromatic heterocycles. The number of hydrogen-bond donors (Lipinski definition) is 1. The van der Waals surface area contributed by atoms with E-state index in [1.165, 1.54) is 10.5 Å². The molecule has 0 fully saturated rings. The third-order valence-corrected chi connectivity index (χ3v) is 5.08. The van der Waals surface area contributed by atoms with E-state index in [0.717, 1.165) is 17.1 Å². The Morgan fingerprint density at radius 1 is 1.00 bits per heavy atom. The van der Waals surface area contributed by atoms with Crippen LogP contribution in [0.1, 0.15) is 35.3 Å². The van der Waals surface area contributed by atoms with Crippen molar-refractivity contribution in [3.05, 3.63) is 95.6 Å². The molecule has 4 nitrogen and oxygen atoms in total. The fourth-order valence-corrected chi connectivity index (χ4v) is 3.45. The van der Waals surface area contributed by atoms with Crippen LogP contribution >= 0.6 is 11.8 Å². The van der Waals surface area contributed by atoms with Gasteiger partial charge in [-0.3, -0.25) is 4.79 Å². The van der Waals surface area contributed by atoms with Crippen molar-refractivity contribution < 1.29 is 9.53 Å². The number of thioether (sulfide) groups is 1. The summed E-state index contributed by atoms with van der Waals surface area (Å²) in [4.78, 5) is 13.5. The van der Waals surface area contributed by atoms with Gasteiger partial charge in [0.25, 0.3) is 5.91 Å². The second-order valence-electron chi connectivity index (χ2n) is 6.73. The fraction of sp³-hybridized carbons (Fsp3) is 0.167. The molecule has 0 spiro atoms. The van der Waals surface area contributed by atoms with Crippen molar-refractivity contribution in [3.8, 4) is 5.75 Å². The molecule has 5 heteroatoms. The second-order valence-corrected chi connectivity index (χ2v) is 7.78. The first-order valence-corrected chi connectivity index (χ1v) is 10.5. The Balaban J connectivity index is 1.49. The van der Waals surface area contributed by atoms with E-state index in [-0.39, 0.29) is 12.0 Å². The first-order valence-electron chi connectivity index (χ1n) is 9.47. The lowest BCUT2D eigenvalue weighted by molar-refractivity contribution is 0.0955. The van der Waals surface area contributed by atoms with Crippen LogP contribution in [-0.2, 0) is 5.75 Å². The standard InChI is InChI=1S/C24H24N2O2S/c1-18(2)28-22-14-10-19(11-15-22)16-25-26-24(27)21-12-8-20(9-13-21)17-29-23-6-4-3-5-7-23/h3-16,18H,17H2,1-2H3,(H,26,27)/b25-16+. The topological polar surface area (TPSA) is 50.7 Å². The van der Waals surface area contributed by atoms with Crippen LogP contribution in [0.2, 0.25) is 0 Å². The molecule has 0 radical (unpaired) electrons. The van der Waals surface area contributed by atoms with E-state index in [9.17, 15) is 4.79 Å². The minimum atomic E-state index is -0.233. The lowest BCUT2D eigenvalue weighted by Crippen LogP contribution is -2.17. The molecule has 1 amide bonds. The molecule has 0 aliphatic carbocycles. The average molecular weight is 405 g/mol. The minimum Gasteiger partial charge on any atom is -0.491 e. The maximum atomic E-state index is 12.3. The van der Waals surface area contributed by atoms with Gasteiger partial charge in [0.2, 0.25) is 0 Å². The average Bonchev–Trinajstić information content (AvgIpc) is 2.74. The van der Waals surface area contributed by atoms with E-state index < -0.39 is 0 Å². The molecule has 0 aliphatic rings. The monoisotopic (exact) mass is 404 g/mol. The summed E-state index contributed by atoms with van der Waals surface area (Å²) in [6, 6.07) is 25.4. The molecule has 0 heterocycles. The van der Waals surface area contributed by atoms with Crippen molar-refractivity contribution in [2.24, 2.45) is 5.10 Å². The maximum absolute atomic E-state index is 12.3. The second kappa shape index (κ2) is 10.5. The lowest BCUT2D eigenvalue weighted by atomic mass is 10.1. The zero-order chi connectivity index (χ0) is 20.5. The summed E-state index contributed by atoms with van der Waals surface area (Å²) < 4.78 is 5.61. The van der Waals surface area contributed by atoms with Crippen LogP contribution in [0.3, 0.4) is 0 Å². The summed E-state index contributed by atoms with van der Waals surface area (Å²) in [5.41, 5.74) is 5.20. The molecular formula is C24H24N2O2S. The quantitative estimate of drug-likeness (QED) is 0.305. The van der Waals surface area contributed by atoms with E-state index in [0.29, 0.717) is 5.56 Å². The third-order valence-electron chi connectivity index (χ3n) is 4.00. The molecule has 0 atom stereocenters. The summed E-state index contributed by atoms with van der Waals surface area (Å²) in [7, 11) is 0. The van der Waals surface area contributed by atoms with Crippen molar-refractivity contribution in [2.75, 3.05) is 0 Å². The van der Waals surface area contributed by atoms with Gasteiger partial charge in [0.05, 0.1) is 12.3 Å². The van der Waals surface area contributed by atoms with Crippen molar-refractivity contribution in [3.63, 3.8) is 0 Å². The zero-order valence-electron chi connectivity index (χ0n) is 16.5. The largest absolute Gasteiger partial charge is 0.491 e. The molecule has 0 aliphatic heterocycles. The number of rotatable bonds is 8. The molecule has 0 unspecified atom stereocenters. The van der Waals surface area contributed by atoms with Crippen molar-refractivity contribution >= 4 is 23.9 Å². The number of ether oxygens (including phenoxy) is 1. The van der Waals surface area contributed by atoms with Gasteiger partial charge in [-0.2, -0.15) is 5.10 Å². The van der Waals surface area contributed by atoms with Crippen LogP contribution < -0.4 is 10.2 Å². The number of hydrazone groups is 1. The predicted molar refractivity (Wildman–Crippen MR) is 120 cm³/mol. The molecular weight excluding hydrogens is 380 g/mol. The Hall–Kier alpha value is -3.05. The van der Waals surface area contributed by atoms with Crippen LogP contribution in [0.5, 0.6) is 5.75 Å². The summed E-state index contributed by atoms with van der Waals surface area (Å²) in [5.74, 6) is 1.44. The highest BCUT2D eigenvalue weighted by Crippen LogP contribution is 2.22. The zero-order valence-corrected chi connectivity index (χ0v) is 17.4. The van der Waals surface area contributed by atoms with Gasteiger partial charge >= 0.3 is 0 Å². The first kappa shape index (κ1) is 20.7.